The number of aromatic nitrogens is 3. The molecule has 0 fully saturated rings. The number of fused-ring (bicyclic) bond motifs is 15. The fraction of sp³-hybridized carbons (Fsp3) is 0.115. The first-order valence-electron chi connectivity index (χ1n) is 45.5. The van der Waals surface area contributed by atoms with Crippen LogP contribution in [0.4, 0.5) is 34.1 Å². The van der Waals surface area contributed by atoms with Gasteiger partial charge in [-0.25, -0.2) is 0 Å². The van der Waals surface area contributed by atoms with Crippen molar-refractivity contribution in [3.63, 3.8) is 0 Å². The predicted molar refractivity (Wildman–Crippen MR) is 543 cm³/mol. The second kappa shape index (κ2) is 28.3. The molecule has 4 aliphatic rings. The van der Waals surface area contributed by atoms with E-state index >= 15 is 0 Å². The summed E-state index contributed by atoms with van der Waals surface area (Å²) in [7, 11) is 0. The van der Waals surface area contributed by atoms with Crippen molar-refractivity contribution in [3.05, 3.63) is 423 Å². The smallest absolute Gasteiger partial charge is 0.252 e. The second-order valence-electron chi connectivity index (χ2n) is 39.0. The lowest BCUT2D eigenvalue weighted by atomic mass is 9.33. The molecule has 2 aliphatic carbocycles. The van der Waals surface area contributed by atoms with Gasteiger partial charge in [-0.3, -0.25) is 0 Å². The van der Waals surface area contributed by atoms with E-state index in [2.05, 4.69) is 479 Å². The van der Waals surface area contributed by atoms with Crippen LogP contribution in [0.2, 0.25) is 0 Å². The van der Waals surface area contributed by atoms with Crippen LogP contribution in [0.3, 0.4) is 0 Å². The minimum Gasteiger partial charge on any atom is -0.311 e. The molecule has 5 nitrogen and oxygen atoms in total. The summed E-state index contributed by atoms with van der Waals surface area (Å²) in [5.74, 6) is 0. The van der Waals surface area contributed by atoms with Crippen molar-refractivity contribution in [1.29, 1.82) is 0 Å². The molecular formula is C122H94BN5. The minimum atomic E-state index is -0.266. The number of para-hydroxylation sites is 1. The molecule has 21 aromatic rings. The third-order valence-electron chi connectivity index (χ3n) is 29.2. The van der Waals surface area contributed by atoms with Gasteiger partial charge < -0.3 is 23.5 Å². The van der Waals surface area contributed by atoms with E-state index in [9.17, 15) is 0 Å². The van der Waals surface area contributed by atoms with Gasteiger partial charge in [0.15, 0.2) is 0 Å². The average molecular weight is 1640 g/mol. The number of hydrogen-bond donors (Lipinski definition) is 0. The number of benzene rings is 18. The van der Waals surface area contributed by atoms with E-state index in [0.717, 1.165) is 97.1 Å². The molecule has 0 saturated carbocycles. The minimum absolute atomic E-state index is 0.0362. The lowest BCUT2D eigenvalue weighted by Crippen LogP contribution is -2.61. The molecule has 25 rings (SSSR count). The highest BCUT2D eigenvalue weighted by molar-refractivity contribution is 7.00. The molecule has 0 spiro atoms. The summed E-state index contributed by atoms with van der Waals surface area (Å²) < 4.78 is 7.65. The van der Waals surface area contributed by atoms with Crippen molar-refractivity contribution in [2.24, 2.45) is 0 Å². The molecule has 2 aliphatic heterocycles. The zero-order valence-corrected chi connectivity index (χ0v) is 73.3. The summed E-state index contributed by atoms with van der Waals surface area (Å²) in [5, 5.41) is 7.20. The molecule has 0 saturated heterocycles. The Morgan fingerprint density at radius 2 is 0.438 bits per heavy atom. The van der Waals surface area contributed by atoms with Crippen molar-refractivity contribution in [3.8, 4) is 95.0 Å². The lowest BCUT2D eigenvalue weighted by Gasteiger charge is -2.44. The summed E-state index contributed by atoms with van der Waals surface area (Å²) in [5.41, 5.74) is 43.1. The summed E-state index contributed by atoms with van der Waals surface area (Å²) in [6.07, 6.45) is 2.21. The third kappa shape index (κ3) is 11.8. The van der Waals surface area contributed by atoms with E-state index < -0.39 is 0 Å². The Bertz CT molecular complexity index is 7560. The maximum absolute atomic E-state index is 2.65. The highest BCUT2D eigenvalue weighted by atomic mass is 15.2. The van der Waals surface area contributed by atoms with E-state index in [1.165, 1.54) is 149 Å². The van der Waals surface area contributed by atoms with Crippen LogP contribution in [0.1, 0.15) is 90.5 Å². The maximum Gasteiger partial charge on any atom is 0.252 e. The van der Waals surface area contributed by atoms with Gasteiger partial charge in [0.05, 0.1) is 38.8 Å². The zero-order valence-electron chi connectivity index (χ0n) is 73.3. The first-order valence-corrected chi connectivity index (χ1v) is 45.5. The molecule has 0 unspecified atom stereocenters. The Hall–Kier alpha value is -15.0. The van der Waals surface area contributed by atoms with Gasteiger partial charge in [0, 0.05) is 77.8 Å². The molecule has 0 radical (unpaired) electrons. The molecule has 0 amide bonds. The monoisotopic (exact) mass is 1640 g/mol. The van der Waals surface area contributed by atoms with E-state index in [-0.39, 0.29) is 28.4 Å². The van der Waals surface area contributed by atoms with Crippen LogP contribution in [0.5, 0.6) is 0 Å². The molecule has 5 heterocycles. The standard InChI is InChI=1S/C122H94BN5/c1-119(2)75-121(5,6)104-69-89(42-55-102(104)119)82-38-49-91(50-39-82)124-114-71-93(126-110-60-45-85(78-28-16-10-17-29-78)65-98(110)99-66-86(46-61-111(99)126)79-30-18-11-19-31-79)53-57-106(114)123-107-58-54-94(127-112-62-47-87(80-32-20-12-21-33-80)67-100(112)101-68-88(48-63-113(101)127)81-34-22-13-23-35-81)72-115(107)125(92-51-40-83(41-52-92)90-43-56-103-105(70-90)122(7,8)76-120(103,3)4)117-74-95(73-116(124)118(117)123)128-108-37-25-24-36-96(108)97-64-84(44-59-109(97)128)77-26-14-9-15-27-77/h9-74H,75-76H2,1-8H3. The first-order chi connectivity index (χ1) is 62.4. The summed E-state index contributed by atoms with van der Waals surface area (Å²) >= 11 is 0. The summed E-state index contributed by atoms with van der Waals surface area (Å²) in [4.78, 5) is 5.30. The average Bonchev–Trinajstić information content (AvgIpc) is 0.787. The van der Waals surface area contributed by atoms with Gasteiger partial charge in [0.25, 0.3) is 6.71 Å². The Balaban J connectivity index is 0.775. The normalized spacial score (nSPS) is 14.9. The largest absolute Gasteiger partial charge is 0.311 e. The molecule has 0 N–H and O–H groups in total. The van der Waals surface area contributed by atoms with Crippen LogP contribution in [0.25, 0.3) is 160 Å². The molecule has 0 bridgehead atoms. The van der Waals surface area contributed by atoms with Crippen molar-refractivity contribution in [2.75, 3.05) is 9.80 Å². The van der Waals surface area contributed by atoms with Crippen LogP contribution in [-0.4, -0.2) is 20.4 Å². The molecule has 18 aromatic carbocycles. The molecule has 0 atom stereocenters. The van der Waals surface area contributed by atoms with E-state index in [4.69, 9.17) is 0 Å². The van der Waals surface area contributed by atoms with Gasteiger partial charge in [0.1, 0.15) is 0 Å². The number of hydrogen-bond acceptors (Lipinski definition) is 2. The van der Waals surface area contributed by atoms with Gasteiger partial charge in [-0.1, -0.05) is 328 Å². The van der Waals surface area contributed by atoms with Crippen LogP contribution in [0, 0.1) is 0 Å². The van der Waals surface area contributed by atoms with Crippen LogP contribution in [-0.2, 0) is 21.7 Å². The number of anilines is 6. The highest BCUT2D eigenvalue weighted by Gasteiger charge is 2.47. The van der Waals surface area contributed by atoms with Crippen LogP contribution >= 0.6 is 0 Å². The number of rotatable bonds is 12. The van der Waals surface area contributed by atoms with Gasteiger partial charge in [-0.2, -0.15) is 0 Å². The zero-order chi connectivity index (χ0) is 85.8. The molecule has 610 valence electrons. The maximum atomic E-state index is 2.65. The number of nitrogens with zero attached hydrogens (tertiary/aromatic N) is 5. The first kappa shape index (κ1) is 75.5. The predicted octanol–water partition coefficient (Wildman–Crippen LogP) is 30.6. The molecule has 3 aromatic heterocycles. The lowest BCUT2D eigenvalue weighted by molar-refractivity contribution is 0.402. The van der Waals surface area contributed by atoms with Crippen molar-refractivity contribution in [1.82, 2.24) is 13.7 Å². The van der Waals surface area contributed by atoms with Gasteiger partial charge in [-0.05, 0) is 278 Å². The van der Waals surface area contributed by atoms with Crippen molar-refractivity contribution in [2.45, 2.75) is 89.9 Å². The van der Waals surface area contributed by atoms with Crippen molar-refractivity contribution >= 4 is 123 Å². The summed E-state index contributed by atoms with van der Waals surface area (Å²) in [6.45, 7) is 19.1. The van der Waals surface area contributed by atoms with Gasteiger partial charge in [0.2, 0.25) is 0 Å². The highest BCUT2D eigenvalue weighted by Crippen LogP contribution is 2.55. The van der Waals surface area contributed by atoms with E-state index in [1.807, 2.05) is 0 Å². The van der Waals surface area contributed by atoms with E-state index in [1.54, 1.807) is 0 Å². The Kier molecular flexibility index (Phi) is 16.7. The van der Waals surface area contributed by atoms with E-state index in [0.29, 0.717) is 0 Å². The molecule has 6 heteroatoms. The van der Waals surface area contributed by atoms with Gasteiger partial charge >= 0.3 is 0 Å². The van der Waals surface area contributed by atoms with Crippen LogP contribution in [0.15, 0.2) is 400 Å². The Labute approximate surface area is 748 Å². The molecule has 128 heavy (non-hydrogen) atoms. The Morgan fingerprint density at radius 1 is 0.188 bits per heavy atom. The van der Waals surface area contributed by atoms with Crippen LogP contribution < -0.4 is 26.2 Å². The van der Waals surface area contributed by atoms with Crippen molar-refractivity contribution < 1.29 is 0 Å². The van der Waals surface area contributed by atoms with Gasteiger partial charge in [-0.15, -0.1) is 0 Å². The fourth-order valence-electron chi connectivity index (χ4n) is 23.8. The fourth-order valence-corrected chi connectivity index (χ4v) is 23.8. The second-order valence-corrected chi connectivity index (χ2v) is 39.0. The Morgan fingerprint density at radius 3 is 0.781 bits per heavy atom. The molecular weight excluding hydrogens is 1550 g/mol. The SMILES string of the molecule is CC1(C)CC(C)(C)c2cc(-c3ccc(N4c5cc(-n6c7ccc(-c8ccccc8)cc7c7cc(-c8ccccc8)ccc76)ccc5B5c6ccc(-n7c8ccc(-c9ccccc9)cc8c8cc(-c9ccccc9)ccc87)cc6N(c6ccc(-c7ccc8c(c7)C(C)(C)CC8(C)C)cc6)c6cc(-n7c8ccccc8c8cc(-c9ccccc9)ccc87)cc4c65)cc3)ccc21. The summed E-state index contributed by atoms with van der Waals surface area (Å²) in [6, 6.07) is 153. The topological polar surface area (TPSA) is 21.3 Å². The quantitative estimate of drug-likeness (QED) is 0.114. The third-order valence-corrected chi connectivity index (χ3v) is 29.2.